The molecule has 2 aromatic heterocycles. The van der Waals surface area contributed by atoms with Crippen LogP contribution in [0.3, 0.4) is 0 Å². The fraction of sp³-hybridized carbons (Fsp3) is 0.0952. The van der Waals surface area contributed by atoms with Crippen molar-refractivity contribution in [3.8, 4) is 16.9 Å². The fourth-order valence-corrected chi connectivity index (χ4v) is 3.80. The second kappa shape index (κ2) is 7.66. The second-order valence-corrected chi connectivity index (χ2v) is 6.87. The molecule has 7 heteroatoms. The third-order valence-electron chi connectivity index (χ3n) is 4.24. The molecule has 0 radical (unpaired) electrons. The summed E-state index contributed by atoms with van der Waals surface area (Å²) in [6, 6.07) is 16.3. The maximum absolute atomic E-state index is 12.6. The van der Waals surface area contributed by atoms with Gasteiger partial charge in [0, 0.05) is 10.9 Å². The van der Waals surface area contributed by atoms with Crippen molar-refractivity contribution >= 4 is 27.5 Å². The van der Waals surface area contributed by atoms with Crippen LogP contribution < -0.4 is 10.3 Å². The highest BCUT2D eigenvalue weighted by molar-refractivity contribution is 7.17. The van der Waals surface area contributed by atoms with Gasteiger partial charge in [0.05, 0.1) is 18.1 Å². The largest absolute Gasteiger partial charge is 0.497 e. The lowest BCUT2D eigenvalue weighted by Gasteiger charge is -2.06. The molecule has 6 nitrogen and oxygen atoms in total. The highest BCUT2D eigenvalue weighted by Crippen LogP contribution is 2.30. The van der Waals surface area contributed by atoms with E-state index in [9.17, 15) is 9.59 Å². The van der Waals surface area contributed by atoms with E-state index < -0.39 is 5.97 Å². The van der Waals surface area contributed by atoms with Gasteiger partial charge in [-0.15, -0.1) is 11.3 Å². The van der Waals surface area contributed by atoms with Crippen molar-refractivity contribution in [1.82, 2.24) is 9.97 Å². The Bertz CT molecular complexity index is 1180. The van der Waals surface area contributed by atoms with E-state index in [-0.39, 0.29) is 12.2 Å². The first-order chi connectivity index (χ1) is 13.7. The number of nitrogens with zero attached hydrogens (tertiary/aromatic N) is 1. The van der Waals surface area contributed by atoms with Gasteiger partial charge in [-0.05, 0) is 29.8 Å². The molecule has 4 aromatic rings. The van der Waals surface area contributed by atoms with Crippen molar-refractivity contribution in [1.29, 1.82) is 0 Å². The lowest BCUT2D eigenvalue weighted by molar-refractivity contribution is 0.0462. The number of esters is 1. The van der Waals surface area contributed by atoms with E-state index in [0.717, 1.165) is 11.1 Å². The van der Waals surface area contributed by atoms with Gasteiger partial charge >= 0.3 is 5.97 Å². The van der Waals surface area contributed by atoms with Crippen LogP contribution in [0.2, 0.25) is 0 Å². The molecule has 140 valence electrons. The summed E-state index contributed by atoms with van der Waals surface area (Å²) in [5, 5.41) is 2.46. The average Bonchev–Trinajstić information content (AvgIpc) is 3.17. The number of aromatic amines is 1. The van der Waals surface area contributed by atoms with Crippen LogP contribution in [-0.4, -0.2) is 23.0 Å². The Kier molecular flexibility index (Phi) is 4.90. The predicted octanol–water partition coefficient (Wildman–Crippen LogP) is 4.02. The first-order valence-corrected chi connectivity index (χ1v) is 9.40. The molecular weight excluding hydrogens is 376 g/mol. The minimum Gasteiger partial charge on any atom is -0.497 e. The van der Waals surface area contributed by atoms with E-state index in [0.29, 0.717) is 27.4 Å². The number of H-pyrrole nitrogens is 1. The number of hydrogen-bond acceptors (Lipinski definition) is 6. The molecule has 2 aromatic carbocycles. The summed E-state index contributed by atoms with van der Waals surface area (Å²) in [5.41, 5.74) is 1.95. The lowest BCUT2D eigenvalue weighted by Crippen LogP contribution is -2.14. The monoisotopic (exact) mass is 392 g/mol. The SMILES string of the molecule is COc1ccc(C(=O)OCc2nc3scc(-c4ccccc4)c3c(=O)[nH]2)cc1. The van der Waals surface area contributed by atoms with Crippen LogP contribution in [-0.2, 0) is 11.3 Å². The molecule has 0 fully saturated rings. The molecule has 0 aliphatic carbocycles. The van der Waals surface area contributed by atoms with Crippen LogP contribution in [0.4, 0.5) is 0 Å². The number of carbonyl (C=O) groups excluding carboxylic acids is 1. The molecule has 0 atom stereocenters. The number of thiophene rings is 1. The molecule has 2 heterocycles. The number of carbonyl (C=O) groups is 1. The van der Waals surface area contributed by atoms with E-state index in [1.807, 2.05) is 35.7 Å². The molecule has 0 unspecified atom stereocenters. The number of rotatable bonds is 5. The molecule has 1 N–H and O–H groups in total. The van der Waals surface area contributed by atoms with Gasteiger partial charge in [-0.3, -0.25) is 4.79 Å². The van der Waals surface area contributed by atoms with Crippen molar-refractivity contribution < 1.29 is 14.3 Å². The molecule has 0 spiro atoms. The highest BCUT2D eigenvalue weighted by Gasteiger charge is 2.14. The Hall–Kier alpha value is -3.45. The molecule has 0 aliphatic rings. The smallest absolute Gasteiger partial charge is 0.338 e. The molecule has 0 saturated carbocycles. The van der Waals surface area contributed by atoms with Crippen LogP contribution in [0.25, 0.3) is 21.3 Å². The molecule has 4 rings (SSSR count). The van der Waals surface area contributed by atoms with E-state index in [4.69, 9.17) is 9.47 Å². The number of ether oxygens (including phenoxy) is 2. The van der Waals surface area contributed by atoms with Crippen molar-refractivity contribution in [2.45, 2.75) is 6.61 Å². The minimum atomic E-state index is -0.499. The summed E-state index contributed by atoms with van der Waals surface area (Å²) in [7, 11) is 1.55. The predicted molar refractivity (Wildman–Crippen MR) is 108 cm³/mol. The van der Waals surface area contributed by atoms with Crippen LogP contribution in [0, 0.1) is 0 Å². The van der Waals surface area contributed by atoms with Gasteiger partial charge < -0.3 is 14.5 Å². The summed E-state index contributed by atoms with van der Waals surface area (Å²) in [4.78, 5) is 32.5. The Morgan fingerprint density at radius 3 is 2.57 bits per heavy atom. The highest BCUT2D eigenvalue weighted by atomic mass is 32.1. The molecule has 0 bridgehead atoms. The Labute approximate surface area is 164 Å². The maximum atomic E-state index is 12.6. The van der Waals surface area contributed by atoms with Gasteiger partial charge in [0.2, 0.25) is 0 Å². The zero-order chi connectivity index (χ0) is 19.5. The van der Waals surface area contributed by atoms with Crippen LogP contribution in [0.15, 0.2) is 64.8 Å². The number of hydrogen-bond donors (Lipinski definition) is 1. The maximum Gasteiger partial charge on any atom is 0.338 e. The van der Waals surface area contributed by atoms with Crippen LogP contribution >= 0.6 is 11.3 Å². The van der Waals surface area contributed by atoms with Gasteiger partial charge in [-0.2, -0.15) is 0 Å². The number of nitrogens with one attached hydrogen (secondary N) is 1. The molecule has 0 aliphatic heterocycles. The summed E-state index contributed by atoms with van der Waals surface area (Å²) < 4.78 is 10.3. The Morgan fingerprint density at radius 1 is 1.11 bits per heavy atom. The summed E-state index contributed by atoms with van der Waals surface area (Å²) in [6.45, 7) is -0.116. The zero-order valence-corrected chi connectivity index (χ0v) is 15.8. The third-order valence-corrected chi connectivity index (χ3v) is 5.12. The Balaban J connectivity index is 1.55. The molecule has 0 amide bonds. The van der Waals surface area contributed by atoms with Crippen LogP contribution in [0.1, 0.15) is 16.2 Å². The molecule has 28 heavy (non-hydrogen) atoms. The first kappa shape index (κ1) is 17.9. The summed E-state index contributed by atoms with van der Waals surface area (Å²) >= 11 is 1.39. The van der Waals surface area contributed by atoms with Crippen molar-refractivity contribution in [3.63, 3.8) is 0 Å². The fourth-order valence-electron chi connectivity index (χ4n) is 2.84. The van der Waals surface area contributed by atoms with Gasteiger partial charge in [-0.25, -0.2) is 9.78 Å². The topological polar surface area (TPSA) is 81.3 Å². The number of benzene rings is 2. The second-order valence-electron chi connectivity index (χ2n) is 6.01. The van der Waals surface area contributed by atoms with Crippen LogP contribution in [0.5, 0.6) is 5.75 Å². The standard InChI is InChI=1S/C21H16N2O4S/c1-26-15-9-7-14(8-10-15)21(25)27-11-17-22-19(24)18-16(12-28-20(18)23-17)13-5-3-2-4-6-13/h2-10,12H,11H2,1H3,(H,22,23,24). The van der Waals surface area contributed by atoms with Gasteiger partial charge in [0.25, 0.3) is 5.56 Å². The normalized spacial score (nSPS) is 10.8. The van der Waals surface area contributed by atoms with E-state index in [2.05, 4.69) is 9.97 Å². The van der Waals surface area contributed by atoms with Gasteiger partial charge in [0.1, 0.15) is 23.0 Å². The van der Waals surface area contributed by atoms with Gasteiger partial charge in [-0.1, -0.05) is 30.3 Å². The first-order valence-electron chi connectivity index (χ1n) is 8.52. The summed E-state index contributed by atoms with van der Waals surface area (Å²) in [6.07, 6.45) is 0. The minimum absolute atomic E-state index is 0.116. The van der Waals surface area contributed by atoms with E-state index in [1.54, 1.807) is 31.4 Å². The van der Waals surface area contributed by atoms with E-state index >= 15 is 0 Å². The Morgan fingerprint density at radius 2 is 1.86 bits per heavy atom. The number of aromatic nitrogens is 2. The quantitative estimate of drug-likeness (QED) is 0.519. The zero-order valence-electron chi connectivity index (χ0n) is 15.0. The van der Waals surface area contributed by atoms with Crippen molar-refractivity contribution in [2.75, 3.05) is 7.11 Å². The van der Waals surface area contributed by atoms with Crippen molar-refractivity contribution in [2.24, 2.45) is 0 Å². The number of methoxy groups -OCH3 is 1. The van der Waals surface area contributed by atoms with Gasteiger partial charge in [0.15, 0.2) is 0 Å². The van der Waals surface area contributed by atoms with Crippen molar-refractivity contribution in [3.05, 3.63) is 81.7 Å². The molecule has 0 saturated heterocycles. The summed E-state index contributed by atoms with van der Waals surface area (Å²) in [5.74, 6) is 0.460. The molecular formula is C21H16N2O4S. The lowest BCUT2D eigenvalue weighted by atomic mass is 10.1. The number of fused-ring (bicyclic) bond motifs is 1. The van der Waals surface area contributed by atoms with E-state index in [1.165, 1.54) is 11.3 Å². The average molecular weight is 392 g/mol. The third kappa shape index (κ3) is 3.52.